The molecule has 0 aliphatic heterocycles. The van der Waals surface area contributed by atoms with E-state index in [2.05, 4.69) is 20.8 Å². The summed E-state index contributed by atoms with van der Waals surface area (Å²) in [7, 11) is 0. The Kier molecular flexibility index (Phi) is 3.93. The molecule has 0 saturated heterocycles. The van der Waals surface area contributed by atoms with Crippen molar-refractivity contribution >= 4 is 5.78 Å². The molecule has 4 fully saturated rings. The van der Waals surface area contributed by atoms with Gasteiger partial charge in [-0.25, -0.2) is 0 Å². The van der Waals surface area contributed by atoms with Crippen LogP contribution < -0.4 is 0 Å². The number of hydrogen-bond acceptors (Lipinski definition) is 1. The molecule has 4 saturated carbocycles. The molecule has 1 nitrogen and oxygen atoms in total. The minimum atomic E-state index is 0.487. The largest absolute Gasteiger partial charge is 0.300 e. The number of carbonyl (C=O) groups excluding carboxylic acids is 1. The first kappa shape index (κ1) is 16.2. The normalized spacial score (nSPS) is 52.7. The van der Waals surface area contributed by atoms with E-state index in [9.17, 15) is 4.79 Å². The van der Waals surface area contributed by atoms with Crippen LogP contribution in [0.5, 0.6) is 0 Å². The Morgan fingerprint density at radius 1 is 0.957 bits per heavy atom. The monoisotopic (exact) mass is 316 g/mol. The van der Waals surface area contributed by atoms with Gasteiger partial charge in [-0.15, -0.1) is 0 Å². The SMILES string of the molecule is CCCC1CCC2C3CCC4CC(=O)CCC4(C)C3CCC12C. The molecule has 0 N–H and O–H groups in total. The Balaban J connectivity index is 1.59. The molecule has 0 radical (unpaired) electrons. The van der Waals surface area contributed by atoms with Gasteiger partial charge in [-0.2, -0.15) is 0 Å². The third-order valence-electron chi connectivity index (χ3n) is 9.32. The van der Waals surface area contributed by atoms with Crippen LogP contribution >= 0.6 is 0 Å². The van der Waals surface area contributed by atoms with E-state index < -0.39 is 0 Å². The Morgan fingerprint density at radius 3 is 2.52 bits per heavy atom. The standard InChI is InChI=1S/C22H36O/c1-4-5-15-7-9-19-18-8-6-16-14-17(23)10-12-22(16,3)20(18)11-13-21(15,19)2/h15-16,18-20H,4-14H2,1-3H3. The molecule has 7 unspecified atom stereocenters. The maximum Gasteiger partial charge on any atom is 0.133 e. The van der Waals surface area contributed by atoms with Crippen molar-refractivity contribution in [3.8, 4) is 0 Å². The number of Topliss-reactive ketones (excluding diaryl/α,β-unsaturated/α-hetero) is 1. The predicted octanol–water partition coefficient (Wildman–Crippen LogP) is 6.01. The van der Waals surface area contributed by atoms with Crippen LogP contribution in [-0.2, 0) is 4.79 Å². The molecule has 0 aromatic rings. The van der Waals surface area contributed by atoms with Crippen LogP contribution in [0.3, 0.4) is 0 Å². The van der Waals surface area contributed by atoms with Crippen LogP contribution in [-0.4, -0.2) is 5.78 Å². The van der Waals surface area contributed by atoms with Crippen molar-refractivity contribution in [2.24, 2.45) is 40.4 Å². The van der Waals surface area contributed by atoms with Crippen LogP contribution in [0.1, 0.15) is 91.4 Å². The fourth-order valence-corrected chi connectivity index (χ4v) is 7.98. The maximum absolute atomic E-state index is 12.0. The molecule has 0 aromatic heterocycles. The predicted molar refractivity (Wildman–Crippen MR) is 95.1 cm³/mol. The summed E-state index contributed by atoms with van der Waals surface area (Å²) < 4.78 is 0. The molecule has 1 heteroatoms. The topological polar surface area (TPSA) is 17.1 Å². The quantitative estimate of drug-likeness (QED) is 0.609. The summed E-state index contributed by atoms with van der Waals surface area (Å²) in [5.41, 5.74) is 1.13. The van der Waals surface area contributed by atoms with Gasteiger partial charge in [0.05, 0.1) is 0 Å². The van der Waals surface area contributed by atoms with Gasteiger partial charge in [0.1, 0.15) is 5.78 Å². The second-order valence-electron chi connectivity index (χ2n) is 10.0. The fourth-order valence-electron chi connectivity index (χ4n) is 7.98. The zero-order valence-electron chi connectivity index (χ0n) is 15.6. The van der Waals surface area contributed by atoms with Crippen molar-refractivity contribution in [3.63, 3.8) is 0 Å². The number of ketones is 1. The highest BCUT2D eigenvalue weighted by atomic mass is 16.1. The van der Waals surface area contributed by atoms with Crippen LogP contribution in [0.4, 0.5) is 0 Å². The first-order valence-corrected chi connectivity index (χ1v) is 10.5. The Bertz CT molecular complexity index is 482. The molecule has 130 valence electrons. The van der Waals surface area contributed by atoms with Gasteiger partial charge in [-0.05, 0) is 85.4 Å². The van der Waals surface area contributed by atoms with Crippen molar-refractivity contribution in [1.29, 1.82) is 0 Å². The van der Waals surface area contributed by atoms with Crippen LogP contribution in [0.2, 0.25) is 0 Å². The maximum atomic E-state index is 12.0. The molecule has 4 rings (SSSR count). The molecule has 23 heavy (non-hydrogen) atoms. The highest BCUT2D eigenvalue weighted by Gasteiger charge is 2.59. The van der Waals surface area contributed by atoms with E-state index in [1.54, 1.807) is 0 Å². The molecular formula is C22H36O. The van der Waals surface area contributed by atoms with Crippen molar-refractivity contribution < 1.29 is 4.79 Å². The number of carbonyl (C=O) groups is 1. The van der Waals surface area contributed by atoms with Crippen LogP contribution in [0.25, 0.3) is 0 Å². The fraction of sp³-hybridized carbons (Fsp3) is 0.955. The zero-order valence-corrected chi connectivity index (χ0v) is 15.6. The van der Waals surface area contributed by atoms with Gasteiger partial charge in [-0.1, -0.05) is 33.6 Å². The number of rotatable bonds is 2. The van der Waals surface area contributed by atoms with E-state index in [0.29, 0.717) is 22.5 Å². The first-order valence-electron chi connectivity index (χ1n) is 10.5. The van der Waals surface area contributed by atoms with Crippen molar-refractivity contribution in [1.82, 2.24) is 0 Å². The second kappa shape index (κ2) is 5.60. The second-order valence-corrected chi connectivity index (χ2v) is 10.0. The summed E-state index contributed by atoms with van der Waals surface area (Å²) in [4.78, 5) is 12.0. The molecule has 0 aromatic carbocycles. The molecule has 0 spiro atoms. The van der Waals surface area contributed by atoms with Crippen LogP contribution in [0, 0.1) is 40.4 Å². The summed E-state index contributed by atoms with van der Waals surface area (Å²) in [6.07, 6.45) is 14.5. The van der Waals surface area contributed by atoms with Gasteiger partial charge in [0.2, 0.25) is 0 Å². The van der Waals surface area contributed by atoms with E-state index in [-0.39, 0.29) is 0 Å². The average molecular weight is 317 g/mol. The lowest BCUT2D eigenvalue weighted by atomic mass is 9.44. The molecule has 7 atom stereocenters. The van der Waals surface area contributed by atoms with E-state index in [1.165, 1.54) is 57.8 Å². The van der Waals surface area contributed by atoms with E-state index in [1.807, 2.05) is 0 Å². The summed E-state index contributed by atoms with van der Waals surface area (Å²) in [5, 5.41) is 0. The molecule has 4 aliphatic rings. The smallest absolute Gasteiger partial charge is 0.133 e. The Hall–Kier alpha value is -0.330. The first-order chi connectivity index (χ1) is 11.0. The lowest BCUT2D eigenvalue weighted by Crippen LogP contribution is -2.53. The third-order valence-corrected chi connectivity index (χ3v) is 9.32. The highest BCUT2D eigenvalue weighted by molar-refractivity contribution is 5.79. The molecule has 0 bridgehead atoms. The van der Waals surface area contributed by atoms with Gasteiger partial charge in [-0.3, -0.25) is 4.79 Å². The molecule has 0 amide bonds. The third kappa shape index (κ3) is 2.28. The lowest BCUT2D eigenvalue weighted by Gasteiger charge is -2.60. The average Bonchev–Trinajstić information content (AvgIpc) is 2.85. The van der Waals surface area contributed by atoms with Gasteiger partial charge in [0.25, 0.3) is 0 Å². The number of hydrogen-bond donors (Lipinski definition) is 0. The van der Waals surface area contributed by atoms with E-state index in [4.69, 9.17) is 0 Å². The van der Waals surface area contributed by atoms with Crippen LogP contribution in [0.15, 0.2) is 0 Å². The Labute approximate surface area is 143 Å². The minimum absolute atomic E-state index is 0.487. The molecule has 0 heterocycles. The van der Waals surface area contributed by atoms with Gasteiger partial charge < -0.3 is 0 Å². The summed E-state index contributed by atoms with van der Waals surface area (Å²) >= 11 is 0. The van der Waals surface area contributed by atoms with Gasteiger partial charge >= 0.3 is 0 Å². The van der Waals surface area contributed by atoms with E-state index in [0.717, 1.165) is 36.5 Å². The summed E-state index contributed by atoms with van der Waals surface area (Å²) in [5.74, 6) is 5.15. The summed E-state index contributed by atoms with van der Waals surface area (Å²) in [6, 6.07) is 0. The number of fused-ring (bicyclic) bond motifs is 5. The van der Waals surface area contributed by atoms with Gasteiger partial charge in [0, 0.05) is 12.8 Å². The summed E-state index contributed by atoms with van der Waals surface area (Å²) in [6.45, 7) is 7.59. The molecular weight excluding hydrogens is 280 g/mol. The van der Waals surface area contributed by atoms with Crippen molar-refractivity contribution in [2.45, 2.75) is 91.4 Å². The van der Waals surface area contributed by atoms with Crippen molar-refractivity contribution in [2.75, 3.05) is 0 Å². The van der Waals surface area contributed by atoms with E-state index >= 15 is 0 Å². The Morgan fingerprint density at radius 2 is 1.74 bits per heavy atom. The van der Waals surface area contributed by atoms with Gasteiger partial charge in [0.15, 0.2) is 0 Å². The lowest BCUT2D eigenvalue weighted by molar-refractivity contribution is -0.139. The molecule has 4 aliphatic carbocycles. The minimum Gasteiger partial charge on any atom is -0.300 e. The van der Waals surface area contributed by atoms with Crippen molar-refractivity contribution in [3.05, 3.63) is 0 Å². The highest BCUT2D eigenvalue weighted by Crippen LogP contribution is 2.67. The zero-order chi connectivity index (χ0) is 16.2.